The average Bonchev–Trinajstić information content (AvgIpc) is 3.18. The molecular weight excluding hydrogens is 378 g/mol. The van der Waals surface area contributed by atoms with Crippen LogP contribution >= 0.6 is 11.3 Å². The highest BCUT2D eigenvalue weighted by Crippen LogP contribution is 2.42. The maximum Gasteiger partial charge on any atom is 0.186 e. The lowest BCUT2D eigenvalue weighted by Crippen LogP contribution is -2.44. The third kappa shape index (κ3) is 3.82. The molecule has 5 rings (SSSR count). The van der Waals surface area contributed by atoms with E-state index in [0.717, 1.165) is 49.8 Å². The van der Waals surface area contributed by atoms with Crippen molar-refractivity contribution in [3.63, 3.8) is 0 Å². The highest BCUT2D eigenvalue weighted by Gasteiger charge is 2.28. The van der Waals surface area contributed by atoms with Gasteiger partial charge in [-0.1, -0.05) is 65.9 Å². The van der Waals surface area contributed by atoms with Crippen LogP contribution in [-0.4, -0.2) is 54.3 Å². The van der Waals surface area contributed by atoms with Gasteiger partial charge in [0.15, 0.2) is 5.13 Å². The van der Waals surface area contributed by atoms with Crippen LogP contribution in [0.1, 0.15) is 24.3 Å². The van der Waals surface area contributed by atoms with Gasteiger partial charge in [0.25, 0.3) is 0 Å². The van der Waals surface area contributed by atoms with Gasteiger partial charge in [-0.3, -0.25) is 0 Å². The number of likely N-dealkylation sites (N-methyl/N-ethyl adjacent to an activating group) is 1. The number of aliphatic hydroxyl groups excluding tert-OH is 1. The Balaban J connectivity index is 1.49. The summed E-state index contributed by atoms with van der Waals surface area (Å²) >= 11 is 1.80. The molecule has 1 aliphatic heterocycles. The molecule has 150 valence electrons. The van der Waals surface area contributed by atoms with E-state index in [1.807, 2.05) is 0 Å². The summed E-state index contributed by atoms with van der Waals surface area (Å²) in [5.41, 5.74) is 4.81. The molecule has 0 radical (unpaired) electrons. The number of aliphatic hydroxyl groups is 1. The Kier molecular flexibility index (Phi) is 5.12. The van der Waals surface area contributed by atoms with Crippen molar-refractivity contribution in [1.82, 2.24) is 9.88 Å². The van der Waals surface area contributed by atoms with Gasteiger partial charge >= 0.3 is 0 Å². The van der Waals surface area contributed by atoms with Crippen molar-refractivity contribution in [2.75, 3.05) is 38.1 Å². The first-order valence-electron chi connectivity index (χ1n) is 10.5. The Morgan fingerprint density at radius 1 is 0.897 bits per heavy atom. The molecule has 0 atom stereocenters. The molecule has 5 heteroatoms. The Morgan fingerprint density at radius 3 is 2.24 bits per heavy atom. The molecule has 2 fully saturated rings. The number of piperazine rings is 1. The average molecular weight is 406 g/mol. The maximum atomic E-state index is 9.60. The summed E-state index contributed by atoms with van der Waals surface area (Å²) in [6.45, 7) is 4.22. The molecule has 1 aromatic heterocycles. The van der Waals surface area contributed by atoms with Crippen molar-refractivity contribution in [2.24, 2.45) is 0 Å². The van der Waals surface area contributed by atoms with E-state index in [2.05, 4.69) is 71.4 Å². The molecule has 4 nitrogen and oxygen atoms in total. The normalized spacial score (nSPS) is 22.5. The van der Waals surface area contributed by atoms with Gasteiger partial charge in [-0.05, 0) is 36.9 Å². The largest absolute Gasteiger partial charge is 0.393 e. The Hall–Kier alpha value is -2.21. The van der Waals surface area contributed by atoms with Gasteiger partial charge in [0, 0.05) is 31.7 Å². The molecule has 1 aliphatic carbocycles. The number of anilines is 1. The molecule has 2 aliphatic rings. The van der Waals surface area contributed by atoms with Gasteiger partial charge in [-0.2, -0.15) is 0 Å². The van der Waals surface area contributed by atoms with Gasteiger partial charge < -0.3 is 14.9 Å². The molecule has 29 heavy (non-hydrogen) atoms. The zero-order valence-electron chi connectivity index (χ0n) is 16.8. The third-order valence-electron chi connectivity index (χ3n) is 6.19. The van der Waals surface area contributed by atoms with Gasteiger partial charge in [-0.15, -0.1) is 0 Å². The minimum atomic E-state index is -0.117. The van der Waals surface area contributed by atoms with Crippen LogP contribution in [0.25, 0.3) is 21.7 Å². The molecule has 0 unspecified atom stereocenters. The van der Waals surface area contributed by atoms with Gasteiger partial charge in [0.2, 0.25) is 0 Å². The second-order valence-electron chi connectivity index (χ2n) is 8.27. The van der Waals surface area contributed by atoms with Crippen LogP contribution in [0.5, 0.6) is 0 Å². The van der Waals surface area contributed by atoms with E-state index in [1.54, 1.807) is 11.3 Å². The van der Waals surface area contributed by atoms with Crippen LogP contribution in [0.3, 0.4) is 0 Å². The molecule has 1 saturated carbocycles. The van der Waals surface area contributed by atoms with E-state index in [-0.39, 0.29) is 6.10 Å². The number of thiazole rings is 1. The summed E-state index contributed by atoms with van der Waals surface area (Å²) in [5.74, 6) is 0.504. The number of hydrogen-bond donors (Lipinski definition) is 1. The van der Waals surface area contributed by atoms with Crippen LogP contribution < -0.4 is 4.90 Å². The van der Waals surface area contributed by atoms with Crippen LogP contribution in [0.4, 0.5) is 5.13 Å². The summed E-state index contributed by atoms with van der Waals surface area (Å²) < 4.78 is 0. The van der Waals surface area contributed by atoms with Crippen LogP contribution in [0, 0.1) is 0 Å². The Labute approximate surface area is 176 Å². The number of hydrogen-bond acceptors (Lipinski definition) is 5. The first kappa shape index (κ1) is 18.8. The number of aromatic nitrogens is 1. The summed E-state index contributed by atoms with van der Waals surface area (Å²) in [6, 6.07) is 19.4. The molecular formula is C24H27N3OS. The van der Waals surface area contributed by atoms with Gasteiger partial charge in [-0.25, -0.2) is 4.98 Å². The third-order valence-corrected chi connectivity index (χ3v) is 7.36. The van der Waals surface area contributed by atoms with Crippen molar-refractivity contribution >= 4 is 16.5 Å². The molecule has 0 amide bonds. The monoisotopic (exact) mass is 405 g/mol. The number of benzene rings is 2. The summed E-state index contributed by atoms with van der Waals surface area (Å²) in [7, 11) is 2.18. The van der Waals surface area contributed by atoms with E-state index in [1.165, 1.54) is 21.6 Å². The second kappa shape index (κ2) is 7.90. The van der Waals surface area contributed by atoms with Crippen LogP contribution in [0.2, 0.25) is 0 Å². The lowest BCUT2D eigenvalue weighted by molar-refractivity contribution is 0.0746. The fourth-order valence-electron chi connectivity index (χ4n) is 4.20. The van der Waals surface area contributed by atoms with E-state index < -0.39 is 0 Å². The highest BCUT2D eigenvalue weighted by atomic mass is 32.1. The first-order valence-corrected chi connectivity index (χ1v) is 11.3. The molecule has 1 saturated heterocycles. The van der Waals surface area contributed by atoms with Gasteiger partial charge in [0.1, 0.15) is 0 Å². The molecule has 2 aromatic carbocycles. The molecule has 0 spiro atoms. The van der Waals surface area contributed by atoms with Gasteiger partial charge in [0.05, 0.1) is 16.7 Å². The number of nitrogens with zero attached hydrogens (tertiary/aromatic N) is 3. The summed E-state index contributed by atoms with van der Waals surface area (Å²) in [6.07, 6.45) is 1.66. The lowest BCUT2D eigenvalue weighted by Gasteiger charge is -2.32. The van der Waals surface area contributed by atoms with E-state index >= 15 is 0 Å². The predicted octanol–water partition coefficient (Wildman–Crippen LogP) is 4.47. The van der Waals surface area contributed by atoms with E-state index in [9.17, 15) is 5.11 Å². The molecule has 0 bridgehead atoms. The number of rotatable bonds is 4. The van der Waals surface area contributed by atoms with Crippen LogP contribution in [-0.2, 0) is 0 Å². The molecule has 2 heterocycles. The fraction of sp³-hybridized carbons (Fsp3) is 0.375. The van der Waals surface area contributed by atoms with E-state index in [0.29, 0.717) is 5.92 Å². The second-order valence-corrected chi connectivity index (χ2v) is 9.25. The standard InChI is InChI=1S/C24H27N3OS/c1-26-11-13-27(14-12-26)24-25-22(23(29-24)19-5-3-2-4-6-19)18-9-7-17(8-10-18)20-15-21(28)16-20/h2-10,20-21,28H,11-16H2,1H3. The van der Waals surface area contributed by atoms with Crippen LogP contribution in [0.15, 0.2) is 54.6 Å². The minimum Gasteiger partial charge on any atom is -0.393 e. The summed E-state index contributed by atoms with van der Waals surface area (Å²) in [5, 5.41) is 10.7. The predicted molar refractivity (Wildman–Crippen MR) is 121 cm³/mol. The SMILES string of the molecule is CN1CCN(c2nc(-c3ccc(C4CC(O)C4)cc3)c(-c3ccccc3)s2)CC1. The van der Waals surface area contributed by atoms with E-state index in [4.69, 9.17) is 4.98 Å². The minimum absolute atomic E-state index is 0.117. The van der Waals surface area contributed by atoms with Crippen molar-refractivity contribution < 1.29 is 5.11 Å². The molecule has 3 aromatic rings. The Bertz CT molecular complexity index is 956. The summed E-state index contributed by atoms with van der Waals surface area (Å²) in [4.78, 5) is 11.1. The topological polar surface area (TPSA) is 39.6 Å². The highest BCUT2D eigenvalue weighted by molar-refractivity contribution is 7.19. The van der Waals surface area contributed by atoms with Crippen molar-refractivity contribution in [3.8, 4) is 21.7 Å². The zero-order chi connectivity index (χ0) is 19.8. The molecule has 1 N–H and O–H groups in total. The lowest BCUT2D eigenvalue weighted by atomic mass is 9.77. The van der Waals surface area contributed by atoms with Crippen molar-refractivity contribution in [1.29, 1.82) is 0 Å². The van der Waals surface area contributed by atoms with Crippen molar-refractivity contribution in [3.05, 3.63) is 60.2 Å². The first-order chi connectivity index (χ1) is 14.2. The fourth-order valence-corrected chi connectivity index (χ4v) is 5.34. The quantitative estimate of drug-likeness (QED) is 0.695. The smallest absolute Gasteiger partial charge is 0.186 e. The maximum absolute atomic E-state index is 9.60. The van der Waals surface area contributed by atoms with Crippen molar-refractivity contribution in [2.45, 2.75) is 24.9 Å². The zero-order valence-corrected chi connectivity index (χ0v) is 17.6. The Morgan fingerprint density at radius 2 is 1.59 bits per heavy atom.